The van der Waals surface area contributed by atoms with Gasteiger partial charge in [-0.2, -0.15) is 0 Å². The number of carbonyl (C=O) groups excluding carboxylic acids is 19. The van der Waals surface area contributed by atoms with Crippen molar-refractivity contribution in [2.24, 2.45) is 0 Å². The van der Waals surface area contributed by atoms with Gasteiger partial charge in [-0.15, -0.1) is 0 Å². The zero-order valence-corrected chi connectivity index (χ0v) is 71.5. The van der Waals surface area contributed by atoms with E-state index in [1.54, 1.807) is 0 Å². The summed E-state index contributed by atoms with van der Waals surface area (Å²) in [6, 6.07) is 0. The minimum absolute atomic E-state index is 0.767. The lowest BCUT2D eigenvalue weighted by Crippen LogP contribution is -2.70. The van der Waals surface area contributed by atoms with Gasteiger partial charge in [0.25, 0.3) is 0 Å². The van der Waals surface area contributed by atoms with E-state index in [4.69, 9.17) is 147 Å². The molecule has 0 N–H and O–H groups in total. The number of rotatable bonds is 36. The Labute approximate surface area is 711 Å². The molecule has 0 aromatic rings. The highest BCUT2D eigenvalue weighted by molar-refractivity contribution is 5.73. The average molecular weight is 1800 g/mol. The Morgan fingerprint density at radius 2 is 0.288 bits per heavy atom. The molecule has 0 saturated carbocycles. The van der Waals surface area contributed by atoms with Crippen LogP contribution in [0.4, 0.5) is 0 Å². The topological polar surface area (TPSA) is 610 Å². The van der Waals surface area contributed by atoms with E-state index >= 15 is 0 Å². The van der Waals surface area contributed by atoms with Crippen LogP contribution in [-0.4, -0.2) is 344 Å². The first-order chi connectivity index (χ1) is 58.5. The smallest absolute Gasteiger partial charge is 0.303 e. The second-order valence-corrected chi connectivity index (χ2v) is 28.3. The van der Waals surface area contributed by atoms with Crippen molar-refractivity contribution in [3.05, 3.63) is 0 Å². The van der Waals surface area contributed by atoms with Crippen molar-refractivity contribution in [2.45, 2.75) is 316 Å². The fourth-order valence-corrected chi connectivity index (χ4v) is 13.8. The Kier molecular flexibility index (Phi) is 39.4. The summed E-state index contributed by atoms with van der Waals surface area (Å²) in [5.74, 6) is -21.5. The molecular formula is C75H102O50. The van der Waals surface area contributed by atoms with E-state index in [9.17, 15) is 91.1 Å². The third-order valence-corrected chi connectivity index (χ3v) is 17.9. The maximum Gasteiger partial charge on any atom is 0.303 e. The second kappa shape index (κ2) is 47.7. The van der Waals surface area contributed by atoms with E-state index in [0.717, 1.165) is 139 Å². The predicted octanol–water partition coefficient (Wildman–Crippen LogP) is -2.60. The highest BCUT2D eigenvalue weighted by atomic mass is 16.8. The fraction of sp³-hybridized carbons (Fsp3) is 0.747. The summed E-state index contributed by atoms with van der Waals surface area (Å²) in [6.45, 7) is 11.1. The fourth-order valence-electron chi connectivity index (χ4n) is 13.8. The lowest BCUT2D eigenvalue weighted by molar-refractivity contribution is -0.397. The van der Waals surface area contributed by atoms with E-state index in [-0.39, 0.29) is 0 Å². The summed E-state index contributed by atoms with van der Waals surface area (Å²) in [4.78, 5) is 251. The SMILES string of the molecule is CO[C@@H]1O[C@H](COC(C)=O)[C@@H](O[C@@H]2O[C@H](COC(C)=O)[C@@H](O[C@@H]3O[C@H](COC(C)=O)[C@@H](OC(C)=O)[C@H](O[C@@H]4O[C@H](COC(C)=O)[C@@H](O[C@@H]5O[C@H](COC(C)=O)[C@@H](O[C@@H]6O[C@H](COC(C)=O)[C@H](OC(C)=O)[C@H](OC(C)=O)[C@H]6OC(C)=O)[C@H](OC(C)=O)[C@H]5OC(C)=O)[C@H](OC(C)=O)[C@H]4OC(C)=O)[C@H]3OC(C)=O)[C@H](OC(C)=O)[C@H]2OC(C)=O)[C@H](OC(C)=O)[C@H]1OC(C)=O. The minimum Gasteiger partial charge on any atom is -0.463 e. The molecule has 0 aromatic heterocycles. The molecule has 0 bridgehead atoms. The lowest BCUT2D eigenvalue weighted by Gasteiger charge is -2.52. The van der Waals surface area contributed by atoms with Crippen LogP contribution in [0.15, 0.2) is 0 Å². The lowest BCUT2D eigenvalue weighted by atomic mass is 9.94. The number of carbonyl (C=O) groups is 19. The molecule has 30 atom stereocenters. The zero-order valence-electron chi connectivity index (χ0n) is 71.5. The summed E-state index contributed by atoms with van der Waals surface area (Å²) in [6.07, 6.45) is -63.3. The molecular weight excluding hydrogens is 1700 g/mol. The molecule has 0 spiro atoms. The first-order valence-electron chi connectivity index (χ1n) is 38.3. The van der Waals surface area contributed by atoms with Gasteiger partial charge in [-0.05, 0) is 0 Å². The quantitative estimate of drug-likeness (QED) is 0.0458. The van der Waals surface area contributed by atoms with Crippen LogP contribution in [0.3, 0.4) is 0 Å². The van der Waals surface area contributed by atoms with Crippen molar-refractivity contribution in [3.63, 3.8) is 0 Å². The molecule has 6 aliphatic heterocycles. The molecule has 50 nitrogen and oxygen atoms in total. The van der Waals surface area contributed by atoms with Crippen molar-refractivity contribution in [1.29, 1.82) is 0 Å². The second-order valence-electron chi connectivity index (χ2n) is 28.3. The normalized spacial score (nSPS) is 33.0. The van der Waals surface area contributed by atoms with Gasteiger partial charge in [0.15, 0.2) is 117 Å². The van der Waals surface area contributed by atoms with Gasteiger partial charge in [0, 0.05) is 139 Å². The van der Waals surface area contributed by atoms with Gasteiger partial charge in [-0.25, -0.2) is 0 Å². The molecule has 0 aliphatic carbocycles. The Balaban J connectivity index is 1.59. The summed E-state index contributed by atoms with van der Waals surface area (Å²) >= 11 is 0. The van der Waals surface area contributed by atoms with Crippen molar-refractivity contribution < 1.29 is 238 Å². The summed E-state index contributed by atoms with van der Waals surface area (Å²) in [5.41, 5.74) is 0. The number of esters is 19. The van der Waals surface area contributed by atoms with Crippen LogP contribution in [0.2, 0.25) is 0 Å². The van der Waals surface area contributed by atoms with E-state index in [1.165, 1.54) is 0 Å². The van der Waals surface area contributed by atoms with Crippen LogP contribution in [0.1, 0.15) is 132 Å². The van der Waals surface area contributed by atoms with Crippen molar-refractivity contribution in [1.82, 2.24) is 0 Å². The average Bonchev–Trinajstić information content (AvgIpc) is 0.754. The van der Waals surface area contributed by atoms with Gasteiger partial charge < -0.3 is 147 Å². The molecule has 0 amide bonds. The molecule has 6 saturated heterocycles. The Hall–Kier alpha value is -10.5. The third kappa shape index (κ3) is 30.9. The molecule has 6 aliphatic rings. The maximum absolute atomic E-state index is 13.9. The first kappa shape index (κ1) is 103. The highest BCUT2D eigenvalue weighted by Gasteiger charge is 2.65. The van der Waals surface area contributed by atoms with E-state index in [2.05, 4.69) is 0 Å². The molecule has 0 radical (unpaired) electrons. The van der Waals surface area contributed by atoms with E-state index in [0.29, 0.717) is 0 Å². The Bertz CT molecular complexity index is 3860. The van der Waals surface area contributed by atoms with Gasteiger partial charge >= 0.3 is 113 Å². The van der Waals surface area contributed by atoms with Crippen LogP contribution < -0.4 is 0 Å². The summed E-state index contributed by atoms with van der Waals surface area (Å²) in [5, 5.41) is 0. The monoisotopic (exact) mass is 1800 g/mol. The molecule has 0 unspecified atom stereocenters. The van der Waals surface area contributed by atoms with Crippen LogP contribution in [-0.2, 0) is 238 Å². The van der Waals surface area contributed by atoms with Crippen molar-refractivity contribution in [3.8, 4) is 0 Å². The highest BCUT2D eigenvalue weighted by Crippen LogP contribution is 2.43. The van der Waals surface area contributed by atoms with Crippen molar-refractivity contribution in [2.75, 3.05) is 46.8 Å². The number of hydrogen-bond donors (Lipinski definition) is 0. The van der Waals surface area contributed by atoms with Crippen LogP contribution >= 0.6 is 0 Å². The molecule has 6 rings (SSSR count). The standard InChI is InChI=1S/C75H102O50/c1-27(76)96-21-46-52(102-33(7)82)58(104-35(9)84)65(110-41(15)90)71(116-46)122-55-49(24-99-30(4)79)119-73(67(112-43(17)92)60(55)106-37(11)86)123-57-51(26-101-32(6)81)120-75(68(113-44(18)93)62(57)108-39(13)88)125-63-53(103-34(8)83)47(22-97-28(2)77)117-74(69(63)114-45(19)94)124-56-50(25-100-31(5)80)118-72(66(111-42(16)91)61(56)107-38(12)87)121-54-48(23-98-29(3)78)115-70(95-20)64(109-40(14)89)59(54)105-36(10)85/h46-75H,21-26H2,1-20H3/t46-,47-,48-,49-,50-,51-,52+,53-,54-,55-,56-,57-,58+,59+,60+,61+,62+,63+,64-,65-,66-,67-,68-,69-,70-,71+,72+,73+,74+,75+/m1/s1. The van der Waals surface area contributed by atoms with E-state index < -0.39 is 337 Å². The molecule has 0 aromatic carbocycles. The number of ether oxygens (including phenoxy) is 31. The molecule has 125 heavy (non-hydrogen) atoms. The van der Waals surface area contributed by atoms with E-state index in [1.807, 2.05) is 0 Å². The molecule has 6 heterocycles. The first-order valence-corrected chi connectivity index (χ1v) is 38.3. The maximum atomic E-state index is 13.9. The Morgan fingerprint density at radius 1 is 0.160 bits per heavy atom. The largest absolute Gasteiger partial charge is 0.463 e. The predicted molar refractivity (Wildman–Crippen MR) is 385 cm³/mol. The number of hydrogen-bond acceptors (Lipinski definition) is 50. The molecule has 50 heteroatoms. The third-order valence-electron chi connectivity index (χ3n) is 17.9. The van der Waals surface area contributed by atoms with Gasteiger partial charge in [-0.3, -0.25) is 91.1 Å². The summed E-state index contributed by atoms with van der Waals surface area (Å²) < 4.78 is 184. The minimum atomic E-state index is -2.49. The van der Waals surface area contributed by atoms with Crippen LogP contribution in [0, 0.1) is 0 Å². The number of methoxy groups -OCH3 is 1. The summed E-state index contributed by atoms with van der Waals surface area (Å²) in [7, 11) is 1.10. The molecule has 6 fully saturated rings. The van der Waals surface area contributed by atoms with Crippen LogP contribution in [0.25, 0.3) is 0 Å². The Morgan fingerprint density at radius 3 is 0.464 bits per heavy atom. The van der Waals surface area contributed by atoms with Gasteiger partial charge in [0.1, 0.15) is 107 Å². The zero-order chi connectivity index (χ0) is 93.5. The van der Waals surface area contributed by atoms with Crippen LogP contribution in [0.5, 0.6) is 0 Å². The van der Waals surface area contributed by atoms with Gasteiger partial charge in [0.2, 0.25) is 0 Å². The van der Waals surface area contributed by atoms with Gasteiger partial charge in [0.05, 0.1) is 0 Å². The van der Waals surface area contributed by atoms with Crippen molar-refractivity contribution >= 4 is 113 Å². The molecule has 702 valence electrons. The van der Waals surface area contributed by atoms with Gasteiger partial charge in [-0.1, -0.05) is 0 Å².